The van der Waals surface area contributed by atoms with Crippen LogP contribution < -0.4 is 17.2 Å². The van der Waals surface area contributed by atoms with Crippen LogP contribution in [0, 0.1) is 5.82 Å². The van der Waals surface area contributed by atoms with Crippen LogP contribution in [0.5, 0.6) is 0 Å². The average Bonchev–Trinajstić information content (AvgIpc) is 2.81. The Hall–Kier alpha value is -2.07. The standard InChI is InChI=1S/C11H14F2N4O4/c12-6-1-5(4-20-8(18)2-14)21-10(6)17-3-7(13)9(15)16-11(17)19/h3,5-6,10H,1-2,4,14H2,(H2,15,16,19). The largest absolute Gasteiger partial charge is 0.462 e. The van der Waals surface area contributed by atoms with E-state index in [0.29, 0.717) is 4.57 Å². The summed E-state index contributed by atoms with van der Waals surface area (Å²) >= 11 is 0. The number of anilines is 1. The molecule has 0 spiro atoms. The van der Waals surface area contributed by atoms with Crippen LogP contribution in [0.4, 0.5) is 14.6 Å². The van der Waals surface area contributed by atoms with Crippen molar-refractivity contribution in [3.8, 4) is 0 Å². The fraction of sp³-hybridized carbons (Fsp3) is 0.545. The molecule has 0 aliphatic carbocycles. The van der Waals surface area contributed by atoms with Crippen LogP contribution in [0.3, 0.4) is 0 Å². The Morgan fingerprint density at radius 2 is 2.33 bits per heavy atom. The SMILES string of the molecule is NCC(=O)OCC1CC(F)C(n2cc(F)c(N)nc2=O)O1. The first-order chi connectivity index (χ1) is 9.92. The maximum Gasteiger partial charge on any atom is 0.351 e. The molecule has 1 aromatic heterocycles. The first-order valence-corrected chi connectivity index (χ1v) is 6.11. The van der Waals surface area contributed by atoms with Crippen molar-refractivity contribution in [3.05, 3.63) is 22.5 Å². The van der Waals surface area contributed by atoms with Crippen molar-refractivity contribution in [2.75, 3.05) is 18.9 Å². The van der Waals surface area contributed by atoms with Crippen molar-refractivity contribution < 1.29 is 23.0 Å². The molecule has 0 radical (unpaired) electrons. The molecule has 1 aliphatic rings. The van der Waals surface area contributed by atoms with Crippen molar-refractivity contribution in [2.24, 2.45) is 5.73 Å². The van der Waals surface area contributed by atoms with Crippen LogP contribution in [0.2, 0.25) is 0 Å². The molecule has 0 bridgehead atoms. The van der Waals surface area contributed by atoms with E-state index in [1.54, 1.807) is 0 Å². The van der Waals surface area contributed by atoms with Gasteiger partial charge >= 0.3 is 11.7 Å². The summed E-state index contributed by atoms with van der Waals surface area (Å²) in [6.45, 7) is -0.506. The molecule has 2 rings (SSSR count). The molecule has 0 aromatic carbocycles. The van der Waals surface area contributed by atoms with E-state index in [0.717, 1.165) is 6.20 Å². The Kier molecular flexibility index (Phi) is 4.48. The number of nitrogens with zero attached hydrogens (tertiary/aromatic N) is 2. The van der Waals surface area contributed by atoms with Gasteiger partial charge in [-0.2, -0.15) is 4.98 Å². The number of rotatable bonds is 4. The summed E-state index contributed by atoms with van der Waals surface area (Å²) in [4.78, 5) is 25.7. The zero-order chi connectivity index (χ0) is 15.6. The lowest BCUT2D eigenvalue weighted by molar-refractivity contribution is -0.146. The molecular formula is C11H14F2N4O4. The maximum absolute atomic E-state index is 13.9. The fourth-order valence-corrected chi connectivity index (χ4v) is 1.94. The van der Waals surface area contributed by atoms with Crippen LogP contribution in [0.1, 0.15) is 12.6 Å². The van der Waals surface area contributed by atoms with Gasteiger partial charge in [-0.3, -0.25) is 9.36 Å². The molecule has 1 saturated heterocycles. The highest BCUT2D eigenvalue weighted by molar-refractivity contribution is 5.71. The zero-order valence-corrected chi connectivity index (χ0v) is 10.9. The van der Waals surface area contributed by atoms with Crippen molar-refractivity contribution in [3.63, 3.8) is 0 Å². The van der Waals surface area contributed by atoms with Gasteiger partial charge in [0.15, 0.2) is 17.9 Å². The predicted octanol–water partition coefficient (Wildman–Crippen LogP) is -0.908. The molecule has 4 N–H and O–H groups in total. The quantitative estimate of drug-likeness (QED) is 0.690. The Morgan fingerprint density at radius 1 is 1.62 bits per heavy atom. The summed E-state index contributed by atoms with van der Waals surface area (Å²) in [5.41, 5.74) is 9.27. The number of carbonyl (C=O) groups excluding carboxylic acids is 1. The molecular weight excluding hydrogens is 290 g/mol. The first kappa shape index (κ1) is 15.3. The molecule has 3 unspecified atom stereocenters. The van der Waals surface area contributed by atoms with Crippen molar-refractivity contribution in [2.45, 2.75) is 24.9 Å². The van der Waals surface area contributed by atoms with Crippen molar-refractivity contribution in [1.29, 1.82) is 0 Å². The smallest absolute Gasteiger partial charge is 0.351 e. The topological polar surface area (TPSA) is 122 Å². The van der Waals surface area contributed by atoms with Gasteiger partial charge in [0, 0.05) is 6.42 Å². The molecule has 0 amide bonds. The van der Waals surface area contributed by atoms with Gasteiger partial charge in [0.1, 0.15) is 12.8 Å². The van der Waals surface area contributed by atoms with Gasteiger partial charge in [-0.15, -0.1) is 0 Å². The number of ether oxygens (including phenoxy) is 2. The predicted molar refractivity (Wildman–Crippen MR) is 66.3 cm³/mol. The van der Waals surface area contributed by atoms with E-state index >= 15 is 0 Å². The number of hydrogen-bond acceptors (Lipinski definition) is 7. The van der Waals surface area contributed by atoms with E-state index in [9.17, 15) is 18.4 Å². The number of halogens is 2. The Balaban J connectivity index is 2.10. The molecule has 2 heterocycles. The second-order valence-electron chi connectivity index (χ2n) is 4.45. The number of esters is 1. The number of alkyl halides is 1. The third-order valence-corrected chi connectivity index (χ3v) is 2.93. The van der Waals surface area contributed by atoms with Crippen molar-refractivity contribution in [1.82, 2.24) is 9.55 Å². The number of hydrogen-bond donors (Lipinski definition) is 2. The molecule has 0 saturated carbocycles. The minimum atomic E-state index is -1.57. The lowest BCUT2D eigenvalue weighted by Gasteiger charge is -2.16. The van der Waals surface area contributed by atoms with Crippen LogP contribution in [-0.4, -0.2) is 40.9 Å². The molecule has 1 fully saturated rings. The summed E-state index contributed by atoms with van der Waals surface area (Å²) < 4.78 is 37.9. The van der Waals surface area contributed by atoms with Gasteiger partial charge in [0.05, 0.1) is 18.8 Å². The monoisotopic (exact) mass is 304 g/mol. The summed E-state index contributed by atoms with van der Waals surface area (Å²) in [6.07, 6.45) is -3.05. The van der Waals surface area contributed by atoms with Gasteiger partial charge in [-0.1, -0.05) is 0 Å². The summed E-state index contributed by atoms with van der Waals surface area (Å²) in [6, 6.07) is 0. The molecule has 116 valence electrons. The third-order valence-electron chi connectivity index (χ3n) is 2.93. The Bertz CT molecular complexity index is 594. The molecule has 10 heteroatoms. The minimum absolute atomic E-state index is 0.110. The second kappa shape index (κ2) is 6.14. The molecule has 3 atom stereocenters. The normalized spacial score (nSPS) is 25.0. The Labute approximate surface area is 117 Å². The number of nitrogens with two attached hydrogens (primary N) is 2. The number of nitrogen functional groups attached to an aromatic ring is 1. The summed E-state index contributed by atoms with van der Waals surface area (Å²) in [5, 5.41) is 0. The van der Waals surface area contributed by atoms with E-state index in [1.165, 1.54) is 0 Å². The van der Waals surface area contributed by atoms with Crippen LogP contribution in [0.25, 0.3) is 0 Å². The first-order valence-electron chi connectivity index (χ1n) is 6.11. The zero-order valence-electron chi connectivity index (χ0n) is 10.9. The van der Waals surface area contributed by atoms with Gasteiger partial charge in [0.25, 0.3) is 0 Å². The third kappa shape index (κ3) is 3.34. The van der Waals surface area contributed by atoms with Gasteiger partial charge in [-0.05, 0) is 0 Å². The lowest BCUT2D eigenvalue weighted by atomic mass is 10.2. The number of aromatic nitrogens is 2. The van der Waals surface area contributed by atoms with Gasteiger partial charge in [0.2, 0.25) is 0 Å². The van der Waals surface area contributed by atoms with Crippen LogP contribution in [-0.2, 0) is 14.3 Å². The highest BCUT2D eigenvalue weighted by atomic mass is 19.1. The maximum atomic E-state index is 13.9. The van der Waals surface area contributed by atoms with E-state index in [1.807, 2.05) is 0 Å². The summed E-state index contributed by atoms with van der Waals surface area (Å²) in [7, 11) is 0. The van der Waals surface area contributed by atoms with E-state index in [2.05, 4.69) is 4.98 Å². The number of carbonyl (C=O) groups is 1. The van der Waals surface area contributed by atoms with E-state index in [4.69, 9.17) is 20.9 Å². The highest BCUT2D eigenvalue weighted by Crippen LogP contribution is 2.30. The Morgan fingerprint density at radius 3 is 3.00 bits per heavy atom. The van der Waals surface area contributed by atoms with Crippen molar-refractivity contribution >= 4 is 11.8 Å². The van der Waals surface area contributed by atoms with Gasteiger partial charge < -0.3 is 20.9 Å². The lowest BCUT2D eigenvalue weighted by Crippen LogP contribution is -2.31. The van der Waals surface area contributed by atoms with E-state index < -0.39 is 41.8 Å². The van der Waals surface area contributed by atoms with E-state index in [-0.39, 0.29) is 19.6 Å². The molecule has 8 nitrogen and oxygen atoms in total. The average molecular weight is 304 g/mol. The minimum Gasteiger partial charge on any atom is -0.462 e. The van der Waals surface area contributed by atoms with Gasteiger partial charge in [-0.25, -0.2) is 13.6 Å². The fourth-order valence-electron chi connectivity index (χ4n) is 1.94. The van der Waals surface area contributed by atoms with Crippen LogP contribution in [0.15, 0.2) is 11.0 Å². The molecule has 21 heavy (non-hydrogen) atoms. The second-order valence-corrected chi connectivity index (χ2v) is 4.45. The molecule has 1 aliphatic heterocycles. The van der Waals surface area contributed by atoms with Crippen LogP contribution >= 0.6 is 0 Å². The molecule has 1 aromatic rings. The summed E-state index contributed by atoms with van der Waals surface area (Å²) in [5.74, 6) is -2.18. The highest BCUT2D eigenvalue weighted by Gasteiger charge is 2.38.